The highest BCUT2D eigenvalue weighted by molar-refractivity contribution is 6.28. The molecule has 0 unspecified atom stereocenters. The van der Waals surface area contributed by atoms with Crippen LogP contribution in [0.1, 0.15) is 26.3 Å². The van der Waals surface area contributed by atoms with E-state index in [-0.39, 0.29) is 5.41 Å². The van der Waals surface area contributed by atoms with Gasteiger partial charge in [0.15, 0.2) is 0 Å². The van der Waals surface area contributed by atoms with Gasteiger partial charge in [-0.15, -0.1) is 0 Å². The Kier molecular flexibility index (Phi) is 4.06. The lowest BCUT2D eigenvalue weighted by atomic mass is 9.81. The summed E-state index contributed by atoms with van der Waals surface area (Å²) in [7, 11) is 0. The monoisotopic (exact) mass is 412 g/mol. The molecule has 6 rings (SSSR count). The lowest BCUT2D eigenvalue weighted by Crippen LogP contribution is -2.10. The number of nitrogens with zero attached hydrogens (tertiary/aromatic N) is 2. The molecule has 32 heavy (non-hydrogen) atoms. The van der Waals surface area contributed by atoms with Gasteiger partial charge in [0.25, 0.3) is 0 Å². The lowest BCUT2D eigenvalue weighted by molar-refractivity contribution is 0.591. The molecule has 0 N–H and O–H groups in total. The molecule has 0 saturated heterocycles. The number of aromatic nitrogens is 2. The van der Waals surface area contributed by atoms with Crippen molar-refractivity contribution in [3.05, 3.63) is 97.1 Å². The van der Waals surface area contributed by atoms with E-state index >= 15 is 0 Å². The third-order valence-electron chi connectivity index (χ3n) is 6.54. The van der Waals surface area contributed by atoms with E-state index in [1.807, 2.05) is 12.4 Å². The average Bonchev–Trinajstić information content (AvgIpc) is 2.82. The smallest absolute Gasteiger partial charge is 0.115 e. The quantitative estimate of drug-likeness (QED) is 0.269. The first-order chi connectivity index (χ1) is 15.5. The molecule has 0 bridgehead atoms. The summed E-state index contributed by atoms with van der Waals surface area (Å²) < 4.78 is 0. The molecule has 154 valence electrons. The van der Waals surface area contributed by atoms with E-state index in [9.17, 15) is 0 Å². The minimum atomic E-state index is 0.103. The summed E-state index contributed by atoms with van der Waals surface area (Å²) >= 11 is 0. The van der Waals surface area contributed by atoms with Gasteiger partial charge >= 0.3 is 0 Å². The molecule has 2 heteroatoms. The standard InChI is InChI=1S/C30H24N2/c1-30(2,3)23-13-20-9-11-24-26(19-7-5-4-6-8-19)15-27(22-16-31-18-32-17-22)25-12-10-21(14-23)28(20)29(24)25/h4-18H,1-3H3. The van der Waals surface area contributed by atoms with Crippen molar-refractivity contribution in [2.75, 3.05) is 0 Å². The third kappa shape index (κ3) is 2.87. The predicted octanol–water partition coefficient (Wildman–Crippen LogP) is 8.01. The van der Waals surface area contributed by atoms with E-state index in [1.165, 1.54) is 54.6 Å². The molecule has 0 amide bonds. The summed E-state index contributed by atoms with van der Waals surface area (Å²) in [6, 6.07) is 26.8. The zero-order valence-corrected chi connectivity index (χ0v) is 18.6. The Hall–Kier alpha value is -3.78. The molecule has 0 aliphatic carbocycles. The van der Waals surface area contributed by atoms with Crippen LogP contribution in [0.25, 0.3) is 54.6 Å². The molecule has 2 nitrogen and oxygen atoms in total. The Morgan fingerprint density at radius 2 is 1.19 bits per heavy atom. The zero-order chi connectivity index (χ0) is 21.9. The molecule has 1 heterocycles. The summed E-state index contributed by atoms with van der Waals surface area (Å²) in [6.07, 6.45) is 5.41. The molecule has 0 radical (unpaired) electrons. The number of hydrogen-bond donors (Lipinski definition) is 0. The van der Waals surface area contributed by atoms with Gasteiger partial charge in [-0.05, 0) is 66.1 Å². The molecule has 1 aromatic heterocycles. The van der Waals surface area contributed by atoms with E-state index in [0.29, 0.717) is 0 Å². The number of hydrogen-bond acceptors (Lipinski definition) is 2. The fourth-order valence-corrected chi connectivity index (χ4v) is 4.88. The fourth-order valence-electron chi connectivity index (χ4n) is 4.88. The van der Waals surface area contributed by atoms with E-state index in [1.54, 1.807) is 6.33 Å². The molecule has 6 aromatic rings. The van der Waals surface area contributed by atoms with Gasteiger partial charge in [0.1, 0.15) is 6.33 Å². The maximum atomic E-state index is 4.30. The van der Waals surface area contributed by atoms with Crippen molar-refractivity contribution in [3.63, 3.8) is 0 Å². The van der Waals surface area contributed by atoms with Gasteiger partial charge in [0.05, 0.1) is 0 Å². The number of benzene rings is 5. The Bertz CT molecular complexity index is 1470. The number of rotatable bonds is 2. The zero-order valence-electron chi connectivity index (χ0n) is 18.6. The second-order valence-electron chi connectivity index (χ2n) is 9.61. The van der Waals surface area contributed by atoms with Gasteiger partial charge in [-0.2, -0.15) is 0 Å². The lowest BCUT2D eigenvalue weighted by Gasteiger charge is -2.22. The normalized spacial score (nSPS) is 12.2. The van der Waals surface area contributed by atoms with Crippen molar-refractivity contribution in [2.24, 2.45) is 0 Å². The summed E-state index contributed by atoms with van der Waals surface area (Å²) in [4.78, 5) is 8.60. The molecule has 0 spiro atoms. The van der Waals surface area contributed by atoms with Gasteiger partial charge in [-0.3, -0.25) is 0 Å². The largest absolute Gasteiger partial charge is 0.244 e. The van der Waals surface area contributed by atoms with Crippen molar-refractivity contribution in [2.45, 2.75) is 26.2 Å². The maximum absolute atomic E-state index is 4.30. The van der Waals surface area contributed by atoms with Gasteiger partial charge in [0, 0.05) is 18.0 Å². The van der Waals surface area contributed by atoms with Crippen LogP contribution >= 0.6 is 0 Å². The average molecular weight is 413 g/mol. The molecular formula is C30H24N2. The van der Waals surface area contributed by atoms with Crippen LogP contribution in [-0.2, 0) is 5.41 Å². The van der Waals surface area contributed by atoms with Crippen LogP contribution in [0.3, 0.4) is 0 Å². The second kappa shape index (κ2) is 6.86. The van der Waals surface area contributed by atoms with Gasteiger partial charge < -0.3 is 0 Å². The van der Waals surface area contributed by atoms with Gasteiger partial charge in [-0.1, -0.05) is 87.5 Å². The van der Waals surface area contributed by atoms with Crippen LogP contribution in [-0.4, -0.2) is 9.97 Å². The van der Waals surface area contributed by atoms with Crippen molar-refractivity contribution < 1.29 is 0 Å². The van der Waals surface area contributed by atoms with Crippen LogP contribution in [0.15, 0.2) is 91.5 Å². The third-order valence-corrected chi connectivity index (χ3v) is 6.54. The van der Waals surface area contributed by atoms with Crippen LogP contribution in [0, 0.1) is 0 Å². The van der Waals surface area contributed by atoms with Crippen LogP contribution in [0.4, 0.5) is 0 Å². The maximum Gasteiger partial charge on any atom is 0.115 e. The van der Waals surface area contributed by atoms with Crippen molar-refractivity contribution in [1.82, 2.24) is 9.97 Å². The topological polar surface area (TPSA) is 25.8 Å². The second-order valence-corrected chi connectivity index (χ2v) is 9.61. The van der Waals surface area contributed by atoms with Crippen LogP contribution < -0.4 is 0 Å². The van der Waals surface area contributed by atoms with E-state index in [2.05, 4.69) is 104 Å². The molecule has 0 aliphatic rings. The van der Waals surface area contributed by atoms with Crippen molar-refractivity contribution in [3.8, 4) is 22.3 Å². The van der Waals surface area contributed by atoms with Crippen molar-refractivity contribution >= 4 is 32.3 Å². The van der Waals surface area contributed by atoms with E-state index in [0.717, 1.165) is 5.56 Å². The first-order valence-electron chi connectivity index (χ1n) is 11.1. The SMILES string of the molecule is CC(C)(C)c1cc2ccc3c(-c4ccccc4)cc(-c4cncnc4)c4ccc(c1)c2c34. The van der Waals surface area contributed by atoms with Crippen molar-refractivity contribution in [1.29, 1.82) is 0 Å². The Balaban J connectivity index is 1.80. The summed E-state index contributed by atoms with van der Waals surface area (Å²) in [5.74, 6) is 0. The first kappa shape index (κ1) is 18.9. The predicted molar refractivity (Wildman–Crippen MR) is 135 cm³/mol. The summed E-state index contributed by atoms with van der Waals surface area (Å²) in [5, 5.41) is 7.78. The molecule has 0 fully saturated rings. The van der Waals surface area contributed by atoms with Crippen LogP contribution in [0.2, 0.25) is 0 Å². The first-order valence-corrected chi connectivity index (χ1v) is 11.1. The fraction of sp³-hybridized carbons (Fsp3) is 0.133. The minimum Gasteiger partial charge on any atom is -0.244 e. The minimum absolute atomic E-state index is 0.103. The Morgan fingerprint density at radius 3 is 1.78 bits per heavy atom. The van der Waals surface area contributed by atoms with E-state index < -0.39 is 0 Å². The highest BCUT2D eigenvalue weighted by atomic mass is 14.8. The summed E-state index contributed by atoms with van der Waals surface area (Å²) in [5.41, 5.74) is 6.14. The van der Waals surface area contributed by atoms with Gasteiger partial charge in [-0.25, -0.2) is 9.97 Å². The summed E-state index contributed by atoms with van der Waals surface area (Å²) in [6.45, 7) is 6.84. The highest BCUT2D eigenvalue weighted by Gasteiger charge is 2.20. The molecule has 5 aromatic carbocycles. The molecule has 0 saturated carbocycles. The Morgan fingerprint density at radius 1 is 0.594 bits per heavy atom. The van der Waals surface area contributed by atoms with Gasteiger partial charge in [0.2, 0.25) is 0 Å². The molecular weight excluding hydrogens is 388 g/mol. The van der Waals surface area contributed by atoms with E-state index in [4.69, 9.17) is 0 Å². The highest BCUT2D eigenvalue weighted by Crippen LogP contribution is 2.44. The Labute approximate surface area is 187 Å². The molecule has 0 atom stereocenters. The van der Waals surface area contributed by atoms with Crippen LogP contribution in [0.5, 0.6) is 0 Å². The molecule has 0 aliphatic heterocycles.